The van der Waals surface area contributed by atoms with Crippen LogP contribution in [-0.4, -0.2) is 26.0 Å². The molecule has 3 N–H and O–H groups in total. The Morgan fingerprint density at radius 2 is 2.23 bits per heavy atom. The van der Waals surface area contributed by atoms with Crippen LogP contribution in [-0.2, 0) is 10.2 Å². The molecule has 1 heterocycles. The van der Waals surface area contributed by atoms with E-state index in [1.807, 2.05) is 6.92 Å². The molecule has 0 radical (unpaired) electrons. The van der Waals surface area contributed by atoms with Crippen molar-refractivity contribution in [3.63, 3.8) is 0 Å². The van der Waals surface area contributed by atoms with Crippen LogP contribution < -0.4 is 9.97 Å². The van der Waals surface area contributed by atoms with E-state index in [1.54, 1.807) is 5.01 Å². The molecule has 1 fully saturated rings. The zero-order valence-corrected chi connectivity index (χ0v) is 8.68. The van der Waals surface area contributed by atoms with Gasteiger partial charge < -0.3 is 0 Å². The van der Waals surface area contributed by atoms with E-state index in [0.29, 0.717) is 6.04 Å². The van der Waals surface area contributed by atoms with Gasteiger partial charge in [-0.05, 0) is 19.3 Å². The normalized spacial score (nSPS) is 26.2. The number of piperidine rings is 1. The number of hydrogen-bond donors (Lipinski definition) is 2. The van der Waals surface area contributed by atoms with Crippen molar-refractivity contribution in [1.29, 1.82) is 0 Å². The molecule has 0 aromatic carbocycles. The monoisotopic (exact) mass is 207 g/mol. The van der Waals surface area contributed by atoms with E-state index in [1.165, 1.54) is 6.42 Å². The smallest absolute Gasteiger partial charge is 0.227 e. The molecule has 6 heteroatoms. The number of nitrogens with zero attached hydrogens (tertiary/aromatic N) is 1. The van der Waals surface area contributed by atoms with Gasteiger partial charge in [0.15, 0.2) is 0 Å². The standard InChI is InChI=1S/C7H17N3O2S/c1-2-7-5-3-4-6-10(7)9-13(8,11)12/h7,9H,2-6H2,1H3,(H2,8,11,12). The van der Waals surface area contributed by atoms with E-state index in [2.05, 4.69) is 4.83 Å². The second kappa shape index (κ2) is 4.36. The second-order valence-electron chi connectivity index (χ2n) is 3.39. The Morgan fingerprint density at radius 3 is 2.77 bits per heavy atom. The zero-order valence-electron chi connectivity index (χ0n) is 7.86. The van der Waals surface area contributed by atoms with Gasteiger partial charge in [0, 0.05) is 12.6 Å². The van der Waals surface area contributed by atoms with Crippen molar-refractivity contribution in [3.8, 4) is 0 Å². The summed E-state index contributed by atoms with van der Waals surface area (Å²) in [6.45, 7) is 2.81. The molecule has 78 valence electrons. The molecule has 1 atom stereocenters. The molecule has 1 rings (SSSR count). The molecule has 0 aromatic heterocycles. The number of nitrogens with one attached hydrogen (secondary N) is 1. The maximum Gasteiger partial charge on any atom is 0.287 e. The van der Waals surface area contributed by atoms with Gasteiger partial charge >= 0.3 is 0 Å². The van der Waals surface area contributed by atoms with Crippen LogP contribution in [0.2, 0.25) is 0 Å². The predicted molar refractivity (Wildman–Crippen MR) is 50.9 cm³/mol. The summed E-state index contributed by atoms with van der Waals surface area (Å²) in [5, 5.41) is 6.64. The first-order chi connectivity index (χ1) is 6.03. The average molecular weight is 207 g/mol. The fraction of sp³-hybridized carbons (Fsp3) is 1.00. The highest BCUT2D eigenvalue weighted by Gasteiger charge is 2.22. The van der Waals surface area contributed by atoms with E-state index in [-0.39, 0.29) is 0 Å². The first kappa shape index (κ1) is 10.9. The van der Waals surface area contributed by atoms with Crippen molar-refractivity contribution in [2.45, 2.75) is 38.6 Å². The fourth-order valence-electron chi connectivity index (χ4n) is 1.71. The summed E-state index contributed by atoms with van der Waals surface area (Å²) in [6, 6.07) is 0.298. The van der Waals surface area contributed by atoms with Crippen LogP contribution in [0.5, 0.6) is 0 Å². The Kier molecular flexibility index (Phi) is 3.66. The van der Waals surface area contributed by atoms with Gasteiger partial charge in [0.05, 0.1) is 0 Å². The third-order valence-electron chi connectivity index (χ3n) is 2.34. The molecule has 1 aliphatic rings. The van der Waals surface area contributed by atoms with Gasteiger partial charge in [-0.1, -0.05) is 13.3 Å². The Hall–Kier alpha value is -0.170. The van der Waals surface area contributed by atoms with Gasteiger partial charge in [-0.3, -0.25) is 0 Å². The van der Waals surface area contributed by atoms with Gasteiger partial charge in [-0.15, -0.1) is 4.83 Å². The van der Waals surface area contributed by atoms with Crippen molar-refractivity contribution in [3.05, 3.63) is 0 Å². The van der Waals surface area contributed by atoms with Crippen molar-refractivity contribution in [2.75, 3.05) is 6.54 Å². The molecule has 0 saturated carbocycles. The molecule has 5 nitrogen and oxygen atoms in total. The summed E-state index contributed by atoms with van der Waals surface area (Å²) >= 11 is 0. The molecule has 0 aromatic rings. The first-order valence-corrected chi connectivity index (χ1v) is 6.14. The van der Waals surface area contributed by atoms with Crippen molar-refractivity contribution in [2.24, 2.45) is 5.14 Å². The quantitative estimate of drug-likeness (QED) is 0.682. The summed E-state index contributed by atoms with van der Waals surface area (Å²) in [5.74, 6) is 0. The molecule has 1 aliphatic heterocycles. The molecular formula is C7H17N3O2S. The Morgan fingerprint density at radius 1 is 1.54 bits per heavy atom. The van der Waals surface area contributed by atoms with Crippen LogP contribution in [0.4, 0.5) is 0 Å². The lowest BCUT2D eigenvalue weighted by atomic mass is 10.0. The maximum absolute atomic E-state index is 10.8. The molecule has 13 heavy (non-hydrogen) atoms. The summed E-state index contributed by atoms with van der Waals surface area (Å²) in [6.07, 6.45) is 4.18. The molecule has 0 aliphatic carbocycles. The van der Waals surface area contributed by atoms with Gasteiger partial charge in [0.1, 0.15) is 0 Å². The number of nitrogens with two attached hydrogens (primary N) is 1. The molecule has 0 bridgehead atoms. The first-order valence-electron chi connectivity index (χ1n) is 4.59. The second-order valence-corrected chi connectivity index (χ2v) is 4.66. The molecule has 1 saturated heterocycles. The summed E-state index contributed by atoms with van der Waals surface area (Å²) in [7, 11) is -3.59. The van der Waals surface area contributed by atoms with E-state index in [0.717, 1.165) is 25.8 Å². The topological polar surface area (TPSA) is 75.4 Å². The summed E-state index contributed by atoms with van der Waals surface area (Å²) < 4.78 is 21.6. The molecular weight excluding hydrogens is 190 g/mol. The van der Waals surface area contributed by atoms with Gasteiger partial charge in [-0.25, -0.2) is 10.1 Å². The van der Waals surface area contributed by atoms with E-state index < -0.39 is 10.2 Å². The fourth-order valence-corrected chi connectivity index (χ4v) is 2.28. The average Bonchev–Trinajstić information content (AvgIpc) is 2.02. The Balaban J connectivity index is 2.55. The van der Waals surface area contributed by atoms with Gasteiger partial charge in [0.2, 0.25) is 0 Å². The Bertz CT molecular complexity index is 252. The SMILES string of the molecule is CCC1CCCCN1NS(N)(=O)=O. The van der Waals surface area contributed by atoms with Crippen molar-refractivity contribution in [1.82, 2.24) is 9.84 Å². The number of rotatable bonds is 3. The minimum Gasteiger partial charge on any atom is -0.227 e. The van der Waals surface area contributed by atoms with E-state index in [9.17, 15) is 8.42 Å². The van der Waals surface area contributed by atoms with Crippen LogP contribution in [0.15, 0.2) is 0 Å². The highest BCUT2D eigenvalue weighted by molar-refractivity contribution is 7.87. The third kappa shape index (κ3) is 3.60. The predicted octanol–water partition coefficient (Wildman–Crippen LogP) is -0.0410. The molecule has 0 spiro atoms. The lowest BCUT2D eigenvalue weighted by Crippen LogP contribution is -2.52. The number of hydrogen-bond acceptors (Lipinski definition) is 3. The van der Waals surface area contributed by atoms with E-state index >= 15 is 0 Å². The highest BCUT2D eigenvalue weighted by atomic mass is 32.2. The Labute approximate surface area is 79.4 Å². The maximum atomic E-state index is 10.8. The van der Waals surface area contributed by atoms with Gasteiger partial charge in [0.25, 0.3) is 10.2 Å². The lowest BCUT2D eigenvalue weighted by molar-refractivity contribution is 0.119. The molecule has 0 amide bonds. The van der Waals surface area contributed by atoms with Crippen LogP contribution in [0.1, 0.15) is 32.6 Å². The minimum atomic E-state index is -3.59. The highest BCUT2D eigenvalue weighted by Crippen LogP contribution is 2.17. The lowest BCUT2D eigenvalue weighted by Gasteiger charge is -2.34. The molecule has 1 unspecified atom stereocenters. The van der Waals surface area contributed by atoms with E-state index in [4.69, 9.17) is 5.14 Å². The van der Waals surface area contributed by atoms with Crippen LogP contribution in [0.3, 0.4) is 0 Å². The number of hydrazine groups is 1. The van der Waals surface area contributed by atoms with Crippen molar-refractivity contribution >= 4 is 10.2 Å². The van der Waals surface area contributed by atoms with Crippen LogP contribution in [0.25, 0.3) is 0 Å². The summed E-state index contributed by atoms with van der Waals surface area (Å²) in [5.41, 5.74) is 0. The summed E-state index contributed by atoms with van der Waals surface area (Å²) in [4.78, 5) is 2.34. The largest absolute Gasteiger partial charge is 0.287 e. The zero-order chi connectivity index (χ0) is 9.90. The minimum absolute atomic E-state index is 0.298. The third-order valence-corrected chi connectivity index (χ3v) is 2.83. The van der Waals surface area contributed by atoms with Crippen molar-refractivity contribution < 1.29 is 8.42 Å². The van der Waals surface area contributed by atoms with Gasteiger partial charge in [-0.2, -0.15) is 8.42 Å². The van der Waals surface area contributed by atoms with Crippen LogP contribution >= 0.6 is 0 Å². The van der Waals surface area contributed by atoms with Crippen LogP contribution in [0, 0.1) is 0 Å².